The van der Waals surface area contributed by atoms with E-state index in [2.05, 4.69) is 35.2 Å². The topological polar surface area (TPSA) is 49.6 Å². The van der Waals surface area contributed by atoms with Gasteiger partial charge in [-0.2, -0.15) is 0 Å². The monoisotopic (exact) mass is 401 g/mol. The average molecular weight is 402 g/mol. The summed E-state index contributed by atoms with van der Waals surface area (Å²) in [6.45, 7) is 8.35. The highest BCUT2D eigenvalue weighted by Gasteiger charge is 2.24. The van der Waals surface area contributed by atoms with Gasteiger partial charge in [0.1, 0.15) is 0 Å². The molecule has 0 aromatic carbocycles. The van der Waals surface area contributed by atoms with Crippen LogP contribution in [0.2, 0.25) is 0 Å². The number of thiazole rings is 1. The summed E-state index contributed by atoms with van der Waals surface area (Å²) in [6, 6.07) is 5.88. The molecular weight excluding hydrogens is 378 g/mol. The molecule has 0 bridgehead atoms. The molecule has 1 aliphatic heterocycles. The van der Waals surface area contributed by atoms with E-state index in [0.717, 1.165) is 60.5 Å². The third-order valence-electron chi connectivity index (χ3n) is 4.94. The highest BCUT2D eigenvalue weighted by molar-refractivity contribution is 7.14. The van der Waals surface area contributed by atoms with Gasteiger partial charge >= 0.3 is 0 Å². The predicted molar refractivity (Wildman–Crippen MR) is 109 cm³/mol. The maximum absolute atomic E-state index is 12.8. The van der Waals surface area contributed by atoms with Gasteiger partial charge in [0.2, 0.25) is 0 Å². The van der Waals surface area contributed by atoms with Gasteiger partial charge in [-0.25, -0.2) is 4.98 Å². The van der Waals surface area contributed by atoms with Crippen LogP contribution < -0.4 is 0 Å². The number of rotatable bonds is 5. The van der Waals surface area contributed by atoms with Crippen LogP contribution in [0, 0.1) is 6.92 Å². The van der Waals surface area contributed by atoms with E-state index < -0.39 is 0 Å². The summed E-state index contributed by atoms with van der Waals surface area (Å²) in [5, 5.41) is 3.01. The van der Waals surface area contributed by atoms with Crippen LogP contribution in [0.5, 0.6) is 0 Å². The number of furan rings is 1. The van der Waals surface area contributed by atoms with E-state index in [-0.39, 0.29) is 5.91 Å². The summed E-state index contributed by atoms with van der Waals surface area (Å²) >= 11 is 3.23. The van der Waals surface area contributed by atoms with Crippen molar-refractivity contribution in [1.29, 1.82) is 0 Å². The standard InChI is InChI=1S/C20H23N3O2S2/c1-3-15-11-18(27-14(15)2)20(24)23-8-6-22(7-9-23)12-16-13-26-19(21-16)17-5-4-10-25-17/h4-5,10-11,13H,3,6-9,12H2,1-2H3. The van der Waals surface area contributed by atoms with Crippen molar-refractivity contribution in [3.05, 3.63) is 50.9 Å². The second-order valence-corrected chi connectivity index (χ2v) is 8.85. The van der Waals surface area contributed by atoms with Crippen LogP contribution in [-0.2, 0) is 13.0 Å². The number of aromatic nitrogens is 1. The lowest BCUT2D eigenvalue weighted by Gasteiger charge is -2.34. The highest BCUT2D eigenvalue weighted by atomic mass is 32.1. The number of nitrogens with zero attached hydrogens (tertiary/aromatic N) is 3. The molecule has 7 heteroatoms. The number of carbonyl (C=O) groups excluding carboxylic acids is 1. The Balaban J connectivity index is 1.33. The van der Waals surface area contributed by atoms with Crippen LogP contribution >= 0.6 is 22.7 Å². The molecule has 0 N–H and O–H groups in total. The Labute approximate surface area is 167 Å². The Kier molecular flexibility index (Phi) is 5.43. The smallest absolute Gasteiger partial charge is 0.264 e. The maximum Gasteiger partial charge on any atom is 0.264 e. The van der Waals surface area contributed by atoms with Crippen molar-refractivity contribution in [2.75, 3.05) is 26.2 Å². The lowest BCUT2D eigenvalue weighted by atomic mass is 10.2. The molecule has 1 saturated heterocycles. The Hall–Kier alpha value is -1.96. The minimum Gasteiger partial charge on any atom is -0.462 e. The van der Waals surface area contributed by atoms with Crippen molar-refractivity contribution in [1.82, 2.24) is 14.8 Å². The zero-order chi connectivity index (χ0) is 18.8. The lowest BCUT2D eigenvalue weighted by Crippen LogP contribution is -2.48. The number of hydrogen-bond donors (Lipinski definition) is 0. The van der Waals surface area contributed by atoms with Crippen molar-refractivity contribution in [3.63, 3.8) is 0 Å². The summed E-state index contributed by atoms with van der Waals surface area (Å²) in [5.74, 6) is 0.996. The first kappa shape index (κ1) is 18.4. The number of aryl methyl sites for hydroxylation is 2. The van der Waals surface area contributed by atoms with E-state index >= 15 is 0 Å². The summed E-state index contributed by atoms with van der Waals surface area (Å²) < 4.78 is 5.41. The van der Waals surface area contributed by atoms with Crippen LogP contribution in [0.1, 0.15) is 32.7 Å². The molecule has 4 heterocycles. The first-order valence-electron chi connectivity index (χ1n) is 9.23. The molecule has 4 rings (SSSR count). The third kappa shape index (κ3) is 4.00. The maximum atomic E-state index is 12.8. The van der Waals surface area contributed by atoms with Gasteiger partial charge in [0, 0.05) is 43.0 Å². The molecule has 0 atom stereocenters. The van der Waals surface area contributed by atoms with Crippen molar-refractivity contribution >= 4 is 28.6 Å². The zero-order valence-electron chi connectivity index (χ0n) is 15.6. The zero-order valence-corrected chi connectivity index (χ0v) is 17.2. The fraction of sp³-hybridized carbons (Fsp3) is 0.400. The Morgan fingerprint density at radius 3 is 2.78 bits per heavy atom. The first-order valence-corrected chi connectivity index (χ1v) is 10.9. The van der Waals surface area contributed by atoms with Gasteiger partial charge in [-0.3, -0.25) is 9.69 Å². The number of thiophene rings is 1. The van der Waals surface area contributed by atoms with Gasteiger partial charge in [0.05, 0.1) is 16.8 Å². The normalized spacial score (nSPS) is 15.4. The van der Waals surface area contributed by atoms with Crippen LogP contribution in [-0.4, -0.2) is 46.9 Å². The van der Waals surface area contributed by atoms with Crippen molar-refractivity contribution in [2.45, 2.75) is 26.8 Å². The molecule has 1 aliphatic rings. The fourth-order valence-corrected chi connectivity index (χ4v) is 5.22. The van der Waals surface area contributed by atoms with E-state index in [0.29, 0.717) is 0 Å². The third-order valence-corrected chi connectivity index (χ3v) is 6.93. The minimum absolute atomic E-state index is 0.177. The quantitative estimate of drug-likeness (QED) is 0.640. The van der Waals surface area contributed by atoms with Crippen molar-refractivity contribution < 1.29 is 9.21 Å². The van der Waals surface area contributed by atoms with Gasteiger partial charge in [0.15, 0.2) is 10.8 Å². The van der Waals surface area contributed by atoms with Crippen LogP contribution in [0.25, 0.3) is 10.8 Å². The number of carbonyl (C=O) groups is 1. The molecule has 0 unspecified atom stereocenters. The average Bonchev–Trinajstić information content (AvgIpc) is 3.42. The van der Waals surface area contributed by atoms with E-state index in [4.69, 9.17) is 4.42 Å². The molecule has 3 aromatic heterocycles. The Bertz CT molecular complexity index is 906. The van der Waals surface area contributed by atoms with Gasteiger partial charge in [-0.05, 0) is 37.1 Å². The van der Waals surface area contributed by atoms with Crippen molar-refractivity contribution in [2.24, 2.45) is 0 Å². The van der Waals surface area contributed by atoms with Gasteiger partial charge < -0.3 is 9.32 Å². The van der Waals surface area contributed by atoms with Crippen LogP contribution in [0.15, 0.2) is 34.3 Å². The number of hydrogen-bond acceptors (Lipinski definition) is 6. The van der Waals surface area contributed by atoms with E-state index in [1.54, 1.807) is 28.9 Å². The second-order valence-electron chi connectivity index (χ2n) is 6.74. The van der Waals surface area contributed by atoms with E-state index in [1.807, 2.05) is 17.0 Å². The molecule has 3 aromatic rings. The molecule has 27 heavy (non-hydrogen) atoms. The Morgan fingerprint density at radius 1 is 1.30 bits per heavy atom. The molecule has 142 valence electrons. The van der Waals surface area contributed by atoms with Gasteiger partial charge in [-0.1, -0.05) is 6.92 Å². The molecule has 1 fully saturated rings. The van der Waals surface area contributed by atoms with Gasteiger partial charge in [0.25, 0.3) is 5.91 Å². The second kappa shape index (κ2) is 7.96. The molecule has 0 aliphatic carbocycles. The number of piperazine rings is 1. The van der Waals surface area contributed by atoms with E-state index in [9.17, 15) is 4.79 Å². The number of amides is 1. The van der Waals surface area contributed by atoms with Crippen molar-refractivity contribution in [3.8, 4) is 10.8 Å². The predicted octanol–water partition coefficient (Wildman–Crippen LogP) is 4.29. The molecule has 1 amide bonds. The molecule has 0 saturated carbocycles. The SMILES string of the molecule is CCc1cc(C(=O)N2CCN(Cc3csc(-c4ccco4)n3)CC2)sc1C. The first-order chi connectivity index (χ1) is 13.1. The highest BCUT2D eigenvalue weighted by Crippen LogP contribution is 2.26. The van der Waals surface area contributed by atoms with Gasteiger partial charge in [-0.15, -0.1) is 22.7 Å². The summed E-state index contributed by atoms with van der Waals surface area (Å²) in [4.78, 5) is 23.9. The lowest BCUT2D eigenvalue weighted by molar-refractivity contribution is 0.0632. The fourth-order valence-electron chi connectivity index (χ4n) is 3.36. The van der Waals surface area contributed by atoms with E-state index in [1.165, 1.54) is 10.4 Å². The summed E-state index contributed by atoms with van der Waals surface area (Å²) in [5.41, 5.74) is 2.35. The summed E-state index contributed by atoms with van der Waals surface area (Å²) in [6.07, 6.45) is 2.65. The minimum atomic E-state index is 0.177. The Morgan fingerprint density at radius 2 is 2.11 bits per heavy atom. The van der Waals surface area contributed by atoms with Crippen LogP contribution in [0.4, 0.5) is 0 Å². The molecule has 5 nitrogen and oxygen atoms in total. The largest absolute Gasteiger partial charge is 0.462 e. The summed E-state index contributed by atoms with van der Waals surface area (Å²) in [7, 11) is 0. The molecular formula is C20H23N3O2S2. The molecule has 0 radical (unpaired) electrons. The van der Waals surface area contributed by atoms with Crippen LogP contribution in [0.3, 0.4) is 0 Å². The molecule has 0 spiro atoms.